The average Bonchev–Trinajstić information content (AvgIpc) is 3.11. The summed E-state index contributed by atoms with van der Waals surface area (Å²) in [4.78, 5) is 3.15. The first-order valence-electron chi connectivity index (χ1n) is 7.07. The van der Waals surface area contributed by atoms with E-state index in [2.05, 4.69) is 48.3 Å². The molecule has 2 aromatic heterocycles. The van der Waals surface area contributed by atoms with Crippen LogP contribution in [-0.2, 0) is 11.3 Å². The van der Waals surface area contributed by atoms with Gasteiger partial charge in [0, 0.05) is 23.1 Å². The molecule has 8 heteroatoms. The predicted octanol–water partition coefficient (Wildman–Crippen LogP) is 2.45. The molecule has 6 nitrogen and oxygen atoms in total. The Hall–Kier alpha value is -1.35. The summed E-state index contributed by atoms with van der Waals surface area (Å²) in [5, 5.41) is 14.2. The van der Waals surface area contributed by atoms with Crippen molar-refractivity contribution in [3.05, 3.63) is 34.6 Å². The molecule has 1 saturated heterocycles. The molecule has 0 N–H and O–H groups in total. The molecular formula is C14H14BrN5OS. The predicted molar refractivity (Wildman–Crippen MR) is 87.9 cm³/mol. The lowest BCUT2D eigenvalue weighted by molar-refractivity contribution is 0.0328. The van der Waals surface area contributed by atoms with Gasteiger partial charge in [-0.05, 0) is 12.1 Å². The van der Waals surface area contributed by atoms with Crippen molar-refractivity contribution in [3.8, 4) is 10.6 Å². The van der Waals surface area contributed by atoms with Gasteiger partial charge in [0.05, 0.1) is 19.8 Å². The Kier molecular flexibility index (Phi) is 3.91. The third kappa shape index (κ3) is 2.79. The first-order valence-corrected chi connectivity index (χ1v) is 8.68. The number of benzene rings is 1. The van der Waals surface area contributed by atoms with Crippen LogP contribution >= 0.6 is 27.3 Å². The van der Waals surface area contributed by atoms with Crippen molar-refractivity contribution in [1.29, 1.82) is 0 Å². The fourth-order valence-electron chi connectivity index (χ4n) is 2.45. The van der Waals surface area contributed by atoms with Crippen molar-refractivity contribution in [2.75, 3.05) is 26.3 Å². The van der Waals surface area contributed by atoms with Gasteiger partial charge in [-0.1, -0.05) is 39.4 Å². The Labute approximate surface area is 139 Å². The average molecular weight is 380 g/mol. The third-order valence-electron chi connectivity index (χ3n) is 3.60. The summed E-state index contributed by atoms with van der Waals surface area (Å²) in [6.45, 7) is 4.17. The minimum Gasteiger partial charge on any atom is -0.379 e. The maximum absolute atomic E-state index is 5.38. The number of hydrogen-bond acceptors (Lipinski definition) is 6. The van der Waals surface area contributed by atoms with Crippen LogP contribution in [0.1, 0.15) is 5.82 Å². The smallest absolute Gasteiger partial charge is 0.235 e. The Bertz CT molecular complexity index is 795. The molecule has 114 valence electrons. The SMILES string of the molecule is Brc1cccc(-c2nn3c(CN4CCOCC4)nnc3s2)c1. The second-order valence-corrected chi connectivity index (χ2v) is 6.99. The van der Waals surface area contributed by atoms with Crippen LogP contribution in [0.15, 0.2) is 28.7 Å². The summed E-state index contributed by atoms with van der Waals surface area (Å²) in [7, 11) is 0. The van der Waals surface area contributed by atoms with E-state index in [4.69, 9.17) is 4.74 Å². The zero-order valence-corrected chi connectivity index (χ0v) is 14.2. The number of halogens is 1. The fraction of sp³-hybridized carbons (Fsp3) is 0.357. The quantitative estimate of drug-likeness (QED) is 0.699. The second kappa shape index (κ2) is 6.04. The second-order valence-electron chi connectivity index (χ2n) is 5.12. The van der Waals surface area contributed by atoms with Crippen LogP contribution < -0.4 is 0 Å². The maximum Gasteiger partial charge on any atom is 0.235 e. The molecule has 0 unspecified atom stereocenters. The van der Waals surface area contributed by atoms with Crippen LogP contribution in [0.25, 0.3) is 15.5 Å². The summed E-state index contributed by atoms with van der Waals surface area (Å²) >= 11 is 5.05. The molecule has 0 bridgehead atoms. The molecule has 1 aromatic carbocycles. The van der Waals surface area contributed by atoms with Gasteiger partial charge in [0.15, 0.2) is 5.82 Å². The van der Waals surface area contributed by atoms with Gasteiger partial charge in [-0.15, -0.1) is 10.2 Å². The number of ether oxygens (including phenoxy) is 1. The number of fused-ring (bicyclic) bond motifs is 1. The summed E-state index contributed by atoms with van der Waals surface area (Å²) in [5.41, 5.74) is 1.09. The topological polar surface area (TPSA) is 55.5 Å². The van der Waals surface area contributed by atoms with Gasteiger partial charge in [-0.25, -0.2) is 0 Å². The van der Waals surface area contributed by atoms with E-state index < -0.39 is 0 Å². The lowest BCUT2D eigenvalue weighted by atomic mass is 10.2. The van der Waals surface area contributed by atoms with Crippen LogP contribution in [0.4, 0.5) is 0 Å². The zero-order valence-electron chi connectivity index (χ0n) is 11.8. The Morgan fingerprint density at radius 2 is 2.09 bits per heavy atom. The van der Waals surface area contributed by atoms with E-state index >= 15 is 0 Å². The third-order valence-corrected chi connectivity index (χ3v) is 5.04. The minimum atomic E-state index is 0.756. The molecule has 0 spiro atoms. The van der Waals surface area contributed by atoms with E-state index in [1.807, 2.05) is 16.6 Å². The molecular weight excluding hydrogens is 366 g/mol. The van der Waals surface area contributed by atoms with Crippen LogP contribution in [-0.4, -0.2) is 51.0 Å². The van der Waals surface area contributed by atoms with E-state index in [-0.39, 0.29) is 0 Å². The van der Waals surface area contributed by atoms with Crippen LogP contribution in [0.5, 0.6) is 0 Å². The highest BCUT2D eigenvalue weighted by atomic mass is 79.9. The van der Waals surface area contributed by atoms with Crippen LogP contribution in [0, 0.1) is 0 Å². The minimum absolute atomic E-state index is 0.756. The van der Waals surface area contributed by atoms with Gasteiger partial charge < -0.3 is 4.74 Å². The van der Waals surface area contributed by atoms with E-state index in [1.165, 1.54) is 0 Å². The van der Waals surface area contributed by atoms with Crippen molar-refractivity contribution < 1.29 is 4.74 Å². The van der Waals surface area contributed by atoms with E-state index in [1.54, 1.807) is 11.3 Å². The van der Waals surface area contributed by atoms with E-state index in [9.17, 15) is 0 Å². The molecule has 0 saturated carbocycles. The summed E-state index contributed by atoms with van der Waals surface area (Å²) in [6.07, 6.45) is 0. The lowest BCUT2D eigenvalue weighted by Gasteiger charge is -2.25. The number of morpholine rings is 1. The molecule has 4 rings (SSSR count). The standard InChI is InChI=1S/C14H14BrN5OS/c15-11-3-1-2-10(8-11)13-18-20-12(16-17-14(20)22-13)9-19-4-6-21-7-5-19/h1-3,8H,4-7,9H2. The van der Waals surface area contributed by atoms with E-state index in [0.717, 1.165) is 58.7 Å². The van der Waals surface area contributed by atoms with Crippen molar-refractivity contribution in [1.82, 2.24) is 24.7 Å². The molecule has 1 fully saturated rings. The Morgan fingerprint density at radius 1 is 1.23 bits per heavy atom. The highest BCUT2D eigenvalue weighted by molar-refractivity contribution is 9.10. The van der Waals surface area contributed by atoms with Gasteiger partial charge >= 0.3 is 0 Å². The van der Waals surface area contributed by atoms with Gasteiger partial charge in [-0.2, -0.15) is 9.61 Å². The molecule has 22 heavy (non-hydrogen) atoms. The van der Waals surface area contributed by atoms with Crippen molar-refractivity contribution in [3.63, 3.8) is 0 Å². The van der Waals surface area contributed by atoms with Crippen molar-refractivity contribution in [2.45, 2.75) is 6.54 Å². The number of nitrogens with zero attached hydrogens (tertiary/aromatic N) is 5. The Morgan fingerprint density at radius 3 is 2.91 bits per heavy atom. The first kappa shape index (κ1) is 14.3. The monoisotopic (exact) mass is 379 g/mol. The molecule has 0 radical (unpaired) electrons. The molecule has 0 aliphatic carbocycles. The molecule has 1 aliphatic rings. The van der Waals surface area contributed by atoms with Gasteiger partial charge in [0.1, 0.15) is 5.01 Å². The van der Waals surface area contributed by atoms with E-state index in [0.29, 0.717) is 0 Å². The summed E-state index contributed by atoms with van der Waals surface area (Å²) in [5.74, 6) is 0.884. The summed E-state index contributed by atoms with van der Waals surface area (Å²) in [6, 6.07) is 8.13. The normalized spacial score (nSPS) is 16.4. The fourth-order valence-corrected chi connectivity index (χ4v) is 3.71. The van der Waals surface area contributed by atoms with Gasteiger partial charge in [0.2, 0.25) is 4.96 Å². The Balaban J connectivity index is 1.64. The molecule has 0 amide bonds. The highest BCUT2D eigenvalue weighted by Gasteiger charge is 2.17. The zero-order chi connectivity index (χ0) is 14.9. The van der Waals surface area contributed by atoms with Crippen LogP contribution in [0.2, 0.25) is 0 Å². The van der Waals surface area contributed by atoms with Crippen LogP contribution in [0.3, 0.4) is 0 Å². The largest absolute Gasteiger partial charge is 0.379 e. The molecule has 1 aliphatic heterocycles. The number of aromatic nitrogens is 4. The van der Waals surface area contributed by atoms with Crippen molar-refractivity contribution in [2.24, 2.45) is 0 Å². The first-order chi connectivity index (χ1) is 10.8. The summed E-state index contributed by atoms with van der Waals surface area (Å²) < 4.78 is 8.28. The molecule has 0 atom stereocenters. The van der Waals surface area contributed by atoms with Crippen molar-refractivity contribution >= 4 is 32.2 Å². The molecule has 3 heterocycles. The highest BCUT2D eigenvalue weighted by Crippen LogP contribution is 2.27. The molecule has 3 aromatic rings. The number of hydrogen-bond donors (Lipinski definition) is 0. The number of rotatable bonds is 3. The van der Waals surface area contributed by atoms with Gasteiger partial charge in [-0.3, -0.25) is 4.90 Å². The lowest BCUT2D eigenvalue weighted by Crippen LogP contribution is -2.36. The van der Waals surface area contributed by atoms with Gasteiger partial charge in [0.25, 0.3) is 0 Å². The maximum atomic E-state index is 5.38.